The van der Waals surface area contributed by atoms with Crippen molar-refractivity contribution in [2.24, 2.45) is 0 Å². The fourth-order valence-electron chi connectivity index (χ4n) is 2.07. The lowest BCUT2D eigenvalue weighted by Gasteiger charge is -2.09. The van der Waals surface area contributed by atoms with Gasteiger partial charge in [0.15, 0.2) is 0 Å². The maximum absolute atomic E-state index is 11.7. The lowest BCUT2D eigenvalue weighted by molar-refractivity contribution is -0.407. The summed E-state index contributed by atoms with van der Waals surface area (Å²) in [4.78, 5) is 50.1. The van der Waals surface area contributed by atoms with Crippen molar-refractivity contribution in [3.05, 3.63) is 42.5 Å². The third-order valence-electron chi connectivity index (χ3n) is 3.19. The van der Waals surface area contributed by atoms with Gasteiger partial charge < -0.3 is 5.32 Å². The summed E-state index contributed by atoms with van der Waals surface area (Å²) in [6, 6.07) is 0.259. The molecule has 1 aromatic carbocycles. The van der Waals surface area contributed by atoms with Gasteiger partial charge in [0.25, 0.3) is 5.69 Å². The summed E-state index contributed by atoms with van der Waals surface area (Å²) in [6.07, 6.45) is 1.16. The predicted molar refractivity (Wildman–Crippen MR) is 74.1 cm³/mol. The van der Waals surface area contributed by atoms with Crippen LogP contribution in [0.1, 0.15) is 12.8 Å². The molecule has 0 saturated carbocycles. The molecule has 13 nitrogen and oxygen atoms in total. The van der Waals surface area contributed by atoms with Gasteiger partial charge in [0.2, 0.25) is 0 Å². The molecule has 1 saturated heterocycles. The van der Waals surface area contributed by atoms with Crippen molar-refractivity contribution in [2.75, 3.05) is 6.54 Å². The second-order valence-corrected chi connectivity index (χ2v) is 4.72. The number of nitro benzene ring substituents is 3. The number of hydrogen-bond donors (Lipinski definition) is 1. The summed E-state index contributed by atoms with van der Waals surface area (Å²) >= 11 is 0. The minimum absolute atomic E-state index is 0.451. The van der Waals surface area contributed by atoms with Gasteiger partial charge in [-0.25, -0.2) is 9.68 Å². The summed E-state index contributed by atoms with van der Waals surface area (Å²) in [5, 5.41) is 35.5. The van der Waals surface area contributed by atoms with Crippen molar-refractivity contribution in [1.82, 2.24) is 5.32 Å². The number of nitrogens with zero attached hydrogens (tertiary/aromatic N) is 3. The average Bonchev–Trinajstić information content (AvgIpc) is 3.05. The first-order valence-electron chi connectivity index (χ1n) is 6.54. The molecule has 0 amide bonds. The van der Waals surface area contributed by atoms with E-state index in [1.165, 1.54) is 0 Å². The average molecular weight is 342 g/mol. The molecule has 24 heavy (non-hydrogen) atoms. The van der Waals surface area contributed by atoms with Gasteiger partial charge in [0.05, 0.1) is 26.9 Å². The van der Waals surface area contributed by atoms with Crippen LogP contribution in [0.5, 0.6) is 5.75 Å². The van der Waals surface area contributed by atoms with Crippen molar-refractivity contribution < 1.29 is 29.3 Å². The molecule has 0 spiro atoms. The molecular weight excluding hydrogens is 332 g/mol. The minimum Gasteiger partial charge on any atom is -0.304 e. The van der Waals surface area contributed by atoms with E-state index in [0.29, 0.717) is 31.5 Å². The van der Waals surface area contributed by atoms with Crippen molar-refractivity contribution in [3.8, 4) is 5.75 Å². The number of carbonyl (C=O) groups is 1. The lowest BCUT2D eigenvalue weighted by atomic mass is 10.2. The van der Waals surface area contributed by atoms with Crippen molar-refractivity contribution in [1.29, 1.82) is 0 Å². The van der Waals surface area contributed by atoms with Crippen LogP contribution in [0.3, 0.4) is 0 Å². The monoisotopic (exact) mass is 342 g/mol. The Morgan fingerprint density at radius 3 is 2.08 bits per heavy atom. The second kappa shape index (κ2) is 6.82. The number of nitro groups is 3. The molecule has 1 heterocycles. The topological polar surface area (TPSA) is 177 Å². The quantitative estimate of drug-likeness (QED) is 0.445. The van der Waals surface area contributed by atoms with Gasteiger partial charge in [-0.1, -0.05) is 0 Å². The SMILES string of the molecule is O=C(OOc1c([N+](=O)[O-])cc([N+](=O)[O-])cc1[N+](=O)[O-])C1CCCN1. The van der Waals surface area contributed by atoms with Crippen LogP contribution < -0.4 is 10.2 Å². The van der Waals surface area contributed by atoms with Gasteiger partial charge in [0, 0.05) is 0 Å². The van der Waals surface area contributed by atoms with E-state index in [4.69, 9.17) is 0 Å². The zero-order valence-corrected chi connectivity index (χ0v) is 11.9. The van der Waals surface area contributed by atoms with E-state index in [0.717, 1.165) is 0 Å². The van der Waals surface area contributed by atoms with Crippen LogP contribution >= 0.6 is 0 Å². The summed E-state index contributed by atoms with van der Waals surface area (Å²) in [7, 11) is 0. The lowest BCUT2D eigenvalue weighted by Crippen LogP contribution is -2.33. The molecule has 1 unspecified atom stereocenters. The summed E-state index contributed by atoms with van der Waals surface area (Å²) in [5.74, 6) is -1.91. The van der Waals surface area contributed by atoms with E-state index in [1.54, 1.807) is 0 Å². The van der Waals surface area contributed by atoms with Crippen molar-refractivity contribution in [2.45, 2.75) is 18.9 Å². The molecular formula is C11H10N4O9. The molecule has 1 atom stereocenters. The van der Waals surface area contributed by atoms with Crippen LogP contribution in [0.15, 0.2) is 12.1 Å². The largest absolute Gasteiger partial charge is 0.372 e. The number of hydrogen-bond acceptors (Lipinski definition) is 10. The maximum Gasteiger partial charge on any atom is 0.372 e. The molecule has 0 bridgehead atoms. The van der Waals surface area contributed by atoms with Crippen molar-refractivity contribution >= 4 is 23.0 Å². The van der Waals surface area contributed by atoms with Crippen LogP contribution in [-0.2, 0) is 9.68 Å². The number of benzene rings is 1. The Hall–Kier alpha value is -3.35. The molecule has 1 aromatic rings. The van der Waals surface area contributed by atoms with E-state index < -0.39 is 49.6 Å². The Labute approximate surface area is 132 Å². The third kappa shape index (κ3) is 3.52. The first-order valence-corrected chi connectivity index (χ1v) is 6.54. The fraction of sp³-hybridized carbons (Fsp3) is 0.364. The highest BCUT2D eigenvalue weighted by molar-refractivity contribution is 5.76. The second-order valence-electron chi connectivity index (χ2n) is 4.72. The molecule has 0 aromatic heterocycles. The Balaban J connectivity index is 2.35. The highest BCUT2D eigenvalue weighted by Gasteiger charge is 2.35. The van der Waals surface area contributed by atoms with Gasteiger partial charge in [-0.3, -0.25) is 35.2 Å². The Bertz CT molecular complexity index is 678. The molecule has 2 rings (SSSR count). The third-order valence-corrected chi connectivity index (χ3v) is 3.19. The Morgan fingerprint density at radius 2 is 1.67 bits per heavy atom. The first-order chi connectivity index (χ1) is 11.3. The van der Waals surface area contributed by atoms with Gasteiger partial charge in [-0.2, -0.15) is 0 Å². The summed E-state index contributed by atoms with van der Waals surface area (Å²) in [6.45, 7) is 0.567. The predicted octanol–water partition coefficient (Wildman–Crippen LogP) is 1.00. The van der Waals surface area contributed by atoms with Crippen molar-refractivity contribution in [3.63, 3.8) is 0 Å². The number of carbonyl (C=O) groups excluding carboxylic acids is 1. The maximum atomic E-state index is 11.7. The normalized spacial score (nSPS) is 16.4. The summed E-state index contributed by atoms with van der Waals surface area (Å²) < 4.78 is 0. The number of non-ortho nitro benzene ring substituents is 1. The molecule has 128 valence electrons. The molecule has 1 aliphatic heterocycles. The molecule has 1 aliphatic rings. The van der Waals surface area contributed by atoms with E-state index >= 15 is 0 Å². The Kier molecular flexibility index (Phi) is 4.84. The number of nitrogens with one attached hydrogen (secondary N) is 1. The molecule has 1 fully saturated rings. The van der Waals surface area contributed by atoms with Gasteiger partial charge in [-0.15, -0.1) is 0 Å². The minimum atomic E-state index is -1.11. The smallest absolute Gasteiger partial charge is 0.304 e. The fourth-order valence-corrected chi connectivity index (χ4v) is 2.07. The standard InChI is InChI=1S/C11H10N4O9/c16-11(7-2-1-3-12-7)24-23-10-8(14(19)20)4-6(13(17)18)5-9(10)15(21)22/h4-5,7,12H,1-3H2. The first kappa shape index (κ1) is 17.0. The molecule has 0 aliphatic carbocycles. The van der Waals surface area contributed by atoms with Crippen LogP contribution in [0.2, 0.25) is 0 Å². The highest BCUT2D eigenvalue weighted by atomic mass is 17.2. The molecule has 1 N–H and O–H groups in total. The Morgan fingerprint density at radius 1 is 1.08 bits per heavy atom. The molecule has 0 radical (unpaired) electrons. The zero-order valence-electron chi connectivity index (χ0n) is 11.9. The van der Waals surface area contributed by atoms with E-state index in [2.05, 4.69) is 15.1 Å². The zero-order chi connectivity index (χ0) is 17.9. The molecule has 13 heteroatoms. The van der Waals surface area contributed by atoms with E-state index in [9.17, 15) is 35.1 Å². The van der Waals surface area contributed by atoms with Crippen LogP contribution in [-0.4, -0.2) is 33.3 Å². The number of rotatable bonds is 6. The van der Waals surface area contributed by atoms with Gasteiger partial charge in [-0.05, 0) is 19.4 Å². The van der Waals surface area contributed by atoms with Crippen LogP contribution in [0, 0.1) is 30.3 Å². The van der Waals surface area contributed by atoms with Crippen LogP contribution in [0.4, 0.5) is 17.1 Å². The highest BCUT2D eigenvalue weighted by Crippen LogP contribution is 2.40. The van der Waals surface area contributed by atoms with Crippen LogP contribution in [0.25, 0.3) is 0 Å². The van der Waals surface area contributed by atoms with E-state index in [1.807, 2.05) is 0 Å². The summed E-state index contributed by atoms with van der Waals surface area (Å²) in [5.41, 5.74) is -3.00. The van der Waals surface area contributed by atoms with Gasteiger partial charge >= 0.3 is 23.1 Å². The van der Waals surface area contributed by atoms with Gasteiger partial charge in [0.1, 0.15) is 6.04 Å². The van der Waals surface area contributed by atoms with E-state index in [-0.39, 0.29) is 0 Å².